The molecule has 1 saturated carbocycles. The molecule has 3 amide bonds. The molecule has 4 aromatic rings. The van der Waals surface area contributed by atoms with Crippen LogP contribution in [0.1, 0.15) is 23.3 Å². The highest BCUT2D eigenvalue weighted by Crippen LogP contribution is 2.47. The second-order valence-corrected chi connectivity index (χ2v) is 19.8. The second-order valence-electron chi connectivity index (χ2n) is 14.2. The van der Waals surface area contributed by atoms with Gasteiger partial charge in [-0.3, -0.25) is 23.9 Å². The number of amides is 3. The number of morpholine rings is 1. The standard InChI is InChI=1S/C36H43F2N7O6Si/c1-52(2,3)19-18-50-23-45-29(32(46)39-12-13-44-14-16-49-17-15-44)21-27-31(45)40-22-41-33(27)51-30-9-8-26(20-28(30)38)43-35(48)36(10-11-36)34(47)42-25-6-4-24(37)5-7-25/h4-9,20-22H,10-19,23H2,1-3H3,(H,39,46)(H,42,47)(H,43,48). The van der Waals surface area contributed by atoms with E-state index < -0.39 is 36.9 Å². The molecule has 0 radical (unpaired) electrons. The minimum Gasteiger partial charge on any atom is -0.435 e. The SMILES string of the molecule is C[Si](C)(C)CCOCn1c(C(=O)NCCN2CCOCC2)cc2c(Oc3ccc(NC(=O)C4(C(=O)Nc5ccc(F)cc5)CC4)cc3F)ncnc21. The van der Waals surface area contributed by atoms with Gasteiger partial charge in [-0.2, -0.15) is 0 Å². The lowest BCUT2D eigenvalue weighted by Crippen LogP contribution is -2.41. The predicted octanol–water partition coefficient (Wildman–Crippen LogP) is 5.23. The van der Waals surface area contributed by atoms with Crippen LogP contribution >= 0.6 is 0 Å². The minimum atomic E-state index is -1.36. The Morgan fingerprint density at radius 3 is 2.31 bits per heavy atom. The van der Waals surface area contributed by atoms with Gasteiger partial charge in [0.2, 0.25) is 17.7 Å². The van der Waals surface area contributed by atoms with Crippen molar-refractivity contribution in [1.29, 1.82) is 0 Å². The van der Waals surface area contributed by atoms with Gasteiger partial charge in [0, 0.05) is 58.3 Å². The van der Waals surface area contributed by atoms with Gasteiger partial charge in [-0.25, -0.2) is 18.7 Å². The number of nitrogens with one attached hydrogen (secondary N) is 3. The van der Waals surface area contributed by atoms with E-state index in [9.17, 15) is 18.8 Å². The van der Waals surface area contributed by atoms with Crippen LogP contribution in [0.3, 0.4) is 0 Å². The summed E-state index contributed by atoms with van der Waals surface area (Å²) in [5, 5.41) is 8.64. The first kappa shape index (κ1) is 37.0. The largest absolute Gasteiger partial charge is 0.435 e. The van der Waals surface area contributed by atoms with Crippen molar-refractivity contribution in [2.45, 2.75) is 45.3 Å². The van der Waals surface area contributed by atoms with Crippen molar-refractivity contribution in [2.75, 3.05) is 56.6 Å². The summed E-state index contributed by atoms with van der Waals surface area (Å²) in [6, 6.07) is 11.7. The number of hydrogen-bond donors (Lipinski definition) is 3. The quantitative estimate of drug-likeness (QED) is 0.0848. The van der Waals surface area contributed by atoms with E-state index in [1.165, 1.54) is 42.7 Å². The van der Waals surface area contributed by atoms with Crippen molar-refractivity contribution < 1.29 is 37.4 Å². The topological polar surface area (TPSA) is 149 Å². The number of nitrogens with zero attached hydrogens (tertiary/aromatic N) is 4. The van der Waals surface area contributed by atoms with Crippen LogP contribution in [-0.2, 0) is 25.8 Å². The van der Waals surface area contributed by atoms with Gasteiger partial charge >= 0.3 is 0 Å². The summed E-state index contributed by atoms with van der Waals surface area (Å²) in [6.07, 6.45) is 1.90. The zero-order valence-electron chi connectivity index (χ0n) is 29.5. The van der Waals surface area contributed by atoms with Gasteiger partial charge in [0.1, 0.15) is 35.6 Å². The molecule has 1 aliphatic heterocycles. The number of fused-ring (bicyclic) bond motifs is 1. The Kier molecular flexibility index (Phi) is 11.3. The fourth-order valence-electron chi connectivity index (χ4n) is 5.70. The molecule has 276 valence electrons. The zero-order chi connectivity index (χ0) is 36.9. The van der Waals surface area contributed by atoms with Crippen LogP contribution in [0.25, 0.3) is 11.0 Å². The summed E-state index contributed by atoms with van der Waals surface area (Å²) >= 11 is 0. The Hall–Kier alpha value is -4.77. The third kappa shape index (κ3) is 8.98. The molecule has 52 heavy (non-hydrogen) atoms. The number of halogens is 2. The number of carbonyl (C=O) groups excluding carboxylic acids is 3. The number of ether oxygens (including phenoxy) is 3. The highest BCUT2D eigenvalue weighted by atomic mass is 28.3. The zero-order valence-corrected chi connectivity index (χ0v) is 30.5. The van der Waals surface area contributed by atoms with Crippen molar-refractivity contribution in [1.82, 2.24) is 24.8 Å². The number of carbonyl (C=O) groups is 3. The van der Waals surface area contributed by atoms with Gasteiger partial charge in [-0.05, 0) is 61.4 Å². The van der Waals surface area contributed by atoms with Gasteiger partial charge in [0.05, 0.1) is 18.6 Å². The Morgan fingerprint density at radius 2 is 1.63 bits per heavy atom. The Morgan fingerprint density at radius 1 is 0.942 bits per heavy atom. The van der Waals surface area contributed by atoms with Crippen LogP contribution < -0.4 is 20.7 Å². The molecule has 13 nitrogen and oxygen atoms in total. The Balaban J connectivity index is 1.16. The monoisotopic (exact) mass is 735 g/mol. The number of hydrogen-bond acceptors (Lipinski definition) is 9. The summed E-state index contributed by atoms with van der Waals surface area (Å²) < 4.78 is 47.7. The van der Waals surface area contributed by atoms with Crippen LogP contribution in [-0.4, -0.2) is 91.2 Å². The molecular weight excluding hydrogens is 693 g/mol. The molecule has 0 atom stereocenters. The van der Waals surface area contributed by atoms with Gasteiger partial charge in [0.25, 0.3) is 5.91 Å². The second kappa shape index (κ2) is 15.9. The molecule has 16 heteroatoms. The first-order valence-electron chi connectivity index (χ1n) is 17.3. The van der Waals surface area contributed by atoms with Gasteiger partial charge < -0.3 is 30.2 Å². The number of benzene rings is 2. The third-order valence-corrected chi connectivity index (χ3v) is 10.7. The van der Waals surface area contributed by atoms with Crippen molar-refractivity contribution in [2.24, 2.45) is 5.41 Å². The van der Waals surface area contributed by atoms with E-state index in [0.29, 0.717) is 68.2 Å². The summed E-state index contributed by atoms with van der Waals surface area (Å²) in [7, 11) is -1.36. The van der Waals surface area contributed by atoms with Crippen LogP contribution in [0, 0.1) is 17.0 Å². The molecule has 3 heterocycles. The molecule has 0 unspecified atom stereocenters. The van der Waals surface area contributed by atoms with Crippen molar-refractivity contribution in [3.05, 3.63) is 72.2 Å². The van der Waals surface area contributed by atoms with E-state index in [-0.39, 0.29) is 30.0 Å². The lowest BCUT2D eigenvalue weighted by Gasteiger charge is -2.26. The smallest absolute Gasteiger partial charge is 0.268 e. The molecule has 2 aliphatic rings. The number of rotatable bonds is 15. The fraction of sp³-hybridized carbons (Fsp3) is 0.417. The summed E-state index contributed by atoms with van der Waals surface area (Å²) in [6.45, 7) is 11.4. The van der Waals surface area contributed by atoms with Crippen LogP contribution in [0.2, 0.25) is 25.7 Å². The molecule has 6 rings (SSSR count). The highest BCUT2D eigenvalue weighted by molar-refractivity contribution is 6.76. The minimum absolute atomic E-state index is 0.0262. The Bertz CT molecular complexity index is 1920. The maximum atomic E-state index is 15.5. The molecule has 2 aromatic carbocycles. The first-order valence-corrected chi connectivity index (χ1v) is 21.0. The molecule has 3 N–H and O–H groups in total. The van der Waals surface area contributed by atoms with Gasteiger partial charge in [0.15, 0.2) is 11.6 Å². The van der Waals surface area contributed by atoms with E-state index in [0.717, 1.165) is 25.2 Å². The van der Waals surface area contributed by atoms with E-state index in [4.69, 9.17) is 14.2 Å². The molecule has 1 aliphatic carbocycles. The molecule has 2 fully saturated rings. The maximum Gasteiger partial charge on any atom is 0.268 e. The normalized spacial score (nSPS) is 15.6. The van der Waals surface area contributed by atoms with Crippen molar-refractivity contribution >= 4 is 48.2 Å². The first-order chi connectivity index (χ1) is 24.9. The molecule has 1 saturated heterocycles. The fourth-order valence-corrected chi connectivity index (χ4v) is 6.46. The molecule has 0 bridgehead atoms. The molecule has 0 spiro atoms. The van der Waals surface area contributed by atoms with E-state index in [1.54, 1.807) is 10.6 Å². The lowest BCUT2D eigenvalue weighted by molar-refractivity contribution is -0.131. The van der Waals surface area contributed by atoms with Crippen molar-refractivity contribution in [3.63, 3.8) is 0 Å². The lowest BCUT2D eigenvalue weighted by atomic mass is 10.0. The van der Waals surface area contributed by atoms with Crippen LogP contribution in [0.15, 0.2) is 54.9 Å². The average molecular weight is 736 g/mol. The number of anilines is 2. The summed E-state index contributed by atoms with van der Waals surface area (Å²) in [4.78, 5) is 50.5. The van der Waals surface area contributed by atoms with Crippen LogP contribution in [0.5, 0.6) is 11.6 Å². The van der Waals surface area contributed by atoms with Crippen LogP contribution in [0.4, 0.5) is 20.2 Å². The van der Waals surface area contributed by atoms with Gasteiger partial charge in [-0.15, -0.1) is 0 Å². The maximum absolute atomic E-state index is 15.5. The molecular formula is C36H43F2N7O6Si. The highest BCUT2D eigenvalue weighted by Gasteiger charge is 2.56. The Labute approximate surface area is 301 Å². The summed E-state index contributed by atoms with van der Waals surface area (Å²) in [5.74, 6) is -2.82. The average Bonchev–Trinajstić information content (AvgIpc) is 3.85. The van der Waals surface area contributed by atoms with E-state index in [1.807, 2.05) is 0 Å². The summed E-state index contributed by atoms with van der Waals surface area (Å²) in [5.41, 5.74) is -0.148. The molecule has 2 aromatic heterocycles. The van der Waals surface area contributed by atoms with Gasteiger partial charge in [-0.1, -0.05) is 19.6 Å². The predicted molar refractivity (Wildman–Crippen MR) is 193 cm³/mol. The van der Waals surface area contributed by atoms with Crippen molar-refractivity contribution in [3.8, 4) is 11.6 Å². The van der Waals surface area contributed by atoms with E-state index >= 15 is 4.39 Å². The number of aromatic nitrogens is 3. The third-order valence-electron chi connectivity index (χ3n) is 9.04. The van der Waals surface area contributed by atoms with E-state index in [2.05, 4.69) is 50.5 Å².